The molecule has 1 aliphatic heterocycles. The SMILES string of the molecule is COc1cccc2c1CC(O)CO2. The number of hydrogen-bond donors (Lipinski definition) is 1. The van der Waals surface area contributed by atoms with Crippen LogP contribution in [0.25, 0.3) is 0 Å². The van der Waals surface area contributed by atoms with Crippen LogP contribution in [0.2, 0.25) is 0 Å². The van der Waals surface area contributed by atoms with Crippen LogP contribution >= 0.6 is 0 Å². The summed E-state index contributed by atoms with van der Waals surface area (Å²) in [7, 11) is 1.62. The largest absolute Gasteiger partial charge is 0.496 e. The van der Waals surface area contributed by atoms with E-state index in [-0.39, 0.29) is 0 Å². The molecule has 0 aliphatic carbocycles. The Kier molecular flexibility index (Phi) is 2.10. The summed E-state index contributed by atoms with van der Waals surface area (Å²) in [4.78, 5) is 0. The van der Waals surface area contributed by atoms with E-state index in [0.717, 1.165) is 17.1 Å². The fourth-order valence-corrected chi connectivity index (χ4v) is 1.55. The van der Waals surface area contributed by atoms with Crippen LogP contribution in [0.1, 0.15) is 5.56 Å². The van der Waals surface area contributed by atoms with Gasteiger partial charge in [-0.3, -0.25) is 0 Å². The standard InChI is InChI=1S/C10H12O3/c1-12-9-3-2-4-10-8(9)5-7(11)6-13-10/h2-4,7,11H,5-6H2,1H3. The van der Waals surface area contributed by atoms with E-state index >= 15 is 0 Å². The molecule has 0 saturated heterocycles. The average molecular weight is 180 g/mol. The third-order valence-corrected chi connectivity index (χ3v) is 2.18. The minimum absolute atomic E-state index is 0.375. The summed E-state index contributed by atoms with van der Waals surface area (Å²) in [6.45, 7) is 0.375. The second kappa shape index (κ2) is 3.26. The summed E-state index contributed by atoms with van der Waals surface area (Å²) in [5.74, 6) is 1.61. The Morgan fingerprint density at radius 3 is 3.15 bits per heavy atom. The van der Waals surface area contributed by atoms with Crippen molar-refractivity contribution in [2.45, 2.75) is 12.5 Å². The highest BCUT2D eigenvalue weighted by Gasteiger charge is 2.20. The first-order chi connectivity index (χ1) is 6.31. The number of fused-ring (bicyclic) bond motifs is 1. The van der Waals surface area contributed by atoms with Crippen molar-refractivity contribution in [3.8, 4) is 11.5 Å². The Labute approximate surface area is 76.9 Å². The van der Waals surface area contributed by atoms with E-state index < -0.39 is 6.10 Å². The van der Waals surface area contributed by atoms with Crippen LogP contribution in [0.15, 0.2) is 18.2 Å². The first-order valence-electron chi connectivity index (χ1n) is 4.28. The molecule has 1 aromatic rings. The van der Waals surface area contributed by atoms with Gasteiger partial charge >= 0.3 is 0 Å². The lowest BCUT2D eigenvalue weighted by Gasteiger charge is -2.23. The van der Waals surface area contributed by atoms with E-state index in [2.05, 4.69) is 0 Å². The molecule has 3 nitrogen and oxygen atoms in total. The maximum Gasteiger partial charge on any atom is 0.126 e. The minimum atomic E-state index is -0.413. The number of methoxy groups -OCH3 is 1. The molecular weight excluding hydrogens is 168 g/mol. The van der Waals surface area contributed by atoms with Gasteiger partial charge in [-0.2, -0.15) is 0 Å². The van der Waals surface area contributed by atoms with Crippen LogP contribution in [0.3, 0.4) is 0 Å². The lowest BCUT2D eigenvalue weighted by atomic mass is 10.0. The summed E-state index contributed by atoms with van der Waals surface area (Å²) in [5, 5.41) is 9.40. The second-order valence-electron chi connectivity index (χ2n) is 3.11. The van der Waals surface area contributed by atoms with Gasteiger partial charge in [0.25, 0.3) is 0 Å². The second-order valence-corrected chi connectivity index (χ2v) is 3.11. The van der Waals surface area contributed by atoms with Crippen LogP contribution in [-0.2, 0) is 6.42 Å². The van der Waals surface area contributed by atoms with Crippen molar-refractivity contribution in [3.05, 3.63) is 23.8 Å². The Balaban J connectivity index is 2.41. The van der Waals surface area contributed by atoms with Crippen molar-refractivity contribution >= 4 is 0 Å². The minimum Gasteiger partial charge on any atom is -0.496 e. The zero-order valence-electron chi connectivity index (χ0n) is 7.49. The molecule has 0 fully saturated rings. The van der Waals surface area contributed by atoms with Gasteiger partial charge in [0, 0.05) is 12.0 Å². The smallest absolute Gasteiger partial charge is 0.126 e. The van der Waals surface area contributed by atoms with E-state index in [0.29, 0.717) is 13.0 Å². The molecule has 1 N–H and O–H groups in total. The molecule has 0 saturated carbocycles. The summed E-state index contributed by atoms with van der Waals surface area (Å²) >= 11 is 0. The molecule has 1 atom stereocenters. The van der Waals surface area contributed by atoms with Crippen LogP contribution in [0.4, 0.5) is 0 Å². The summed E-state index contributed by atoms with van der Waals surface area (Å²) in [6.07, 6.45) is 0.197. The van der Waals surface area contributed by atoms with Crippen LogP contribution < -0.4 is 9.47 Å². The predicted molar refractivity (Wildman–Crippen MR) is 48.2 cm³/mol. The number of ether oxygens (including phenoxy) is 2. The molecule has 1 aromatic carbocycles. The van der Waals surface area contributed by atoms with Gasteiger partial charge in [-0.15, -0.1) is 0 Å². The summed E-state index contributed by atoms with van der Waals surface area (Å²) in [5.41, 5.74) is 0.962. The van der Waals surface area contributed by atoms with Crippen molar-refractivity contribution in [1.29, 1.82) is 0 Å². The highest BCUT2D eigenvalue weighted by atomic mass is 16.5. The van der Waals surface area contributed by atoms with Gasteiger partial charge in [-0.25, -0.2) is 0 Å². The fourth-order valence-electron chi connectivity index (χ4n) is 1.55. The molecule has 70 valence electrons. The molecule has 13 heavy (non-hydrogen) atoms. The Morgan fingerprint density at radius 1 is 1.54 bits per heavy atom. The van der Waals surface area contributed by atoms with Gasteiger partial charge in [0.05, 0.1) is 13.2 Å². The molecule has 2 rings (SSSR count). The zero-order chi connectivity index (χ0) is 9.26. The normalized spacial score (nSPS) is 20.3. The third-order valence-electron chi connectivity index (χ3n) is 2.18. The molecule has 0 bridgehead atoms. The lowest BCUT2D eigenvalue weighted by Crippen LogP contribution is -2.25. The molecule has 1 unspecified atom stereocenters. The molecule has 3 heteroatoms. The Bertz CT molecular complexity index is 295. The van der Waals surface area contributed by atoms with Gasteiger partial charge in [0.15, 0.2) is 0 Å². The van der Waals surface area contributed by atoms with Crippen molar-refractivity contribution < 1.29 is 14.6 Å². The zero-order valence-corrected chi connectivity index (χ0v) is 7.49. The first-order valence-corrected chi connectivity index (χ1v) is 4.28. The Hall–Kier alpha value is -1.22. The summed E-state index contributed by atoms with van der Waals surface area (Å²) in [6, 6.07) is 5.65. The van der Waals surface area contributed by atoms with Gasteiger partial charge in [0.2, 0.25) is 0 Å². The quantitative estimate of drug-likeness (QED) is 0.700. The molecular formula is C10H12O3. The molecule has 1 heterocycles. The average Bonchev–Trinajstić information content (AvgIpc) is 2.17. The van der Waals surface area contributed by atoms with E-state index in [4.69, 9.17) is 9.47 Å². The number of benzene rings is 1. The highest BCUT2D eigenvalue weighted by molar-refractivity contribution is 5.46. The van der Waals surface area contributed by atoms with Crippen molar-refractivity contribution in [1.82, 2.24) is 0 Å². The number of aliphatic hydroxyl groups excluding tert-OH is 1. The lowest BCUT2D eigenvalue weighted by molar-refractivity contribution is 0.0908. The van der Waals surface area contributed by atoms with E-state index in [9.17, 15) is 5.11 Å². The van der Waals surface area contributed by atoms with Gasteiger partial charge < -0.3 is 14.6 Å². The number of rotatable bonds is 1. The fraction of sp³-hybridized carbons (Fsp3) is 0.400. The van der Waals surface area contributed by atoms with E-state index in [1.54, 1.807) is 7.11 Å². The van der Waals surface area contributed by atoms with E-state index in [1.807, 2.05) is 18.2 Å². The van der Waals surface area contributed by atoms with Crippen molar-refractivity contribution in [3.63, 3.8) is 0 Å². The molecule has 0 spiro atoms. The predicted octanol–water partition coefficient (Wildman–Crippen LogP) is 0.991. The van der Waals surface area contributed by atoms with Crippen LogP contribution in [-0.4, -0.2) is 24.9 Å². The molecule has 1 aliphatic rings. The maximum atomic E-state index is 9.40. The first kappa shape index (κ1) is 8.38. The van der Waals surface area contributed by atoms with Gasteiger partial charge in [-0.05, 0) is 12.1 Å². The van der Waals surface area contributed by atoms with Gasteiger partial charge in [0.1, 0.15) is 18.1 Å². The van der Waals surface area contributed by atoms with E-state index in [1.165, 1.54) is 0 Å². The molecule has 0 amide bonds. The van der Waals surface area contributed by atoms with Crippen LogP contribution in [0.5, 0.6) is 11.5 Å². The van der Waals surface area contributed by atoms with Crippen LogP contribution in [0, 0.1) is 0 Å². The van der Waals surface area contributed by atoms with Crippen molar-refractivity contribution in [2.75, 3.05) is 13.7 Å². The number of hydrogen-bond acceptors (Lipinski definition) is 3. The van der Waals surface area contributed by atoms with Crippen molar-refractivity contribution in [2.24, 2.45) is 0 Å². The molecule has 0 aromatic heterocycles. The summed E-state index contributed by atoms with van der Waals surface area (Å²) < 4.78 is 10.5. The third kappa shape index (κ3) is 1.47. The molecule has 0 radical (unpaired) electrons. The van der Waals surface area contributed by atoms with Gasteiger partial charge in [-0.1, -0.05) is 6.07 Å². The topological polar surface area (TPSA) is 38.7 Å². The maximum absolute atomic E-state index is 9.40. The number of aliphatic hydroxyl groups is 1. The monoisotopic (exact) mass is 180 g/mol. The Morgan fingerprint density at radius 2 is 2.38 bits per heavy atom. The highest BCUT2D eigenvalue weighted by Crippen LogP contribution is 2.32.